The van der Waals surface area contributed by atoms with Gasteiger partial charge in [-0.15, -0.1) is 0 Å². The molecule has 6 heteroatoms. The van der Waals surface area contributed by atoms with Crippen LogP contribution in [-0.2, 0) is 6.54 Å². The summed E-state index contributed by atoms with van der Waals surface area (Å²) in [7, 11) is 1.62. The van der Waals surface area contributed by atoms with E-state index in [1.54, 1.807) is 17.8 Å². The topological polar surface area (TPSA) is 68.5 Å². The molecule has 2 aromatic heterocycles. The van der Waals surface area contributed by atoms with Crippen molar-refractivity contribution >= 4 is 11.6 Å². The number of aromatic nitrogens is 3. The van der Waals surface area contributed by atoms with Crippen LogP contribution in [-0.4, -0.2) is 27.6 Å². The first-order valence-electron chi connectivity index (χ1n) is 7.31. The van der Waals surface area contributed by atoms with Gasteiger partial charge in [-0.05, 0) is 31.5 Å². The Morgan fingerprint density at radius 2 is 2.13 bits per heavy atom. The summed E-state index contributed by atoms with van der Waals surface area (Å²) in [5.41, 5.74) is 3.87. The highest BCUT2D eigenvalue weighted by molar-refractivity contribution is 5.95. The molecule has 0 aliphatic carbocycles. The summed E-state index contributed by atoms with van der Waals surface area (Å²) in [6, 6.07) is 9.48. The maximum atomic E-state index is 12.4. The van der Waals surface area contributed by atoms with Gasteiger partial charge in [-0.1, -0.05) is 12.1 Å². The molecule has 6 nitrogen and oxygen atoms in total. The lowest BCUT2D eigenvalue weighted by molar-refractivity contribution is 0.0949. The molecule has 2 heterocycles. The Morgan fingerprint density at radius 1 is 1.30 bits per heavy atom. The number of methoxy groups -OCH3 is 1. The van der Waals surface area contributed by atoms with Gasteiger partial charge < -0.3 is 10.1 Å². The van der Waals surface area contributed by atoms with Crippen LogP contribution in [0.15, 0.2) is 36.5 Å². The zero-order valence-corrected chi connectivity index (χ0v) is 13.3. The first-order chi connectivity index (χ1) is 11.1. The van der Waals surface area contributed by atoms with Crippen molar-refractivity contribution in [2.75, 3.05) is 7.11 Å². The SMILES string of the molecule is COc1cccc(CNC(=O)c2cnc3cc(C)nn3c2C)c1. The lowest BCUT2D eigenvalue weighted by atomic mass is 10.2. The lowest BCUT2D eigenvalue weighted by Gasteiger charge is -2.09. The van der Waals surface area contributed by atoms with E-state index in [4.69, 9.17) is 4.74 Å². The number of fused-ring (bicyclic) bond motifs is 1. The van der Waals surface area contributed by atoms with Gasteiger partial charge in [0.15, 0.2) is 5.65 Å². The van der Waals surface area contributed by atoms with E-state index in [0.29, 0.717) is 12.1 Å². The van der Waals surface area contributed by atoms with Crippen LogP contribution in [0.25, 0.3) is 5.65 Å². The second-order valence-electron chi connectivity index (χ2n) is 5.35. The number of ether oxygens (including phenoxy) is 1. The van der Waals surface area contributed by atoms with E-state index in [9.17, 15) is 4.79 Å². The van der Waals surface area contributed by atoms with Crippen LogP contribution < -0.4 is 10.1 Å². The van der Waals surface area contributed by atoms with Gasteiger partial charge in [-0.25, -0.2) is 9.50 Å². The molecule has 3 rings (SSSR count). The second kappa shape index (κ2) is 6.08. The molecule has 23 heavy (non-hydrogen) atoms. The van der Waals surface area contributed by atoms with Gasteiger partial charge >= 0.3 is 0 Å². The van der Waals surface area contributed by atoms with Crippen molar-refractivity contribution in [1.29, 1.82) is 0 Å². The number of amides is 1. The average Bonchev–Trinajstić information content (AvgIpc) is 2.94. The summed E-state index contributed by atoms with van der Waals surface area (Å²) in [5, 5.41) is 7.26. The Morgan fingerprint density at radius 3 is 2.91 bits per heavy atom. The van der Waals surface area contributed by atoms with Crippen LogP contribution in [0, 0.1) is 13.8 Å². The predicted octanol–water partition coefficient (Wildman–Crippen LogP) is 2.28. The monoisotopic (exact) mass is 310 g/mol. The molecule has 3 aromatic rings. The van der Waals surface area contributed by atoms with Crippen molar-refractivity contribution in [2.24, 2.45) is 0 Å². The van der Waals surface area contributed by atoms with E-state index < -0.39 is 0 Å². The van der Waals surface area contributed by atoms with Gasteiger partial charge in [0.25, 0.3) is 5.91 Å². The Kier molecular flexibility index (Phi) is 3.97. The van der Waals surface area contributed by atoms with E-state index in [0.717, 1.165) is 28.3 Å². The summed E-state index contributed by atoms with van der Waals surface area (Å²) in [6.07, 6.45) is 1.59. The minimum atomic E-state index is -0.173. The first-order valence-corrected chi connectivity index (χ1v) is 7.31. The van der Waals surface area contributed by atoms with Crippen LogP contribution in [0.4, 0.5) is 0 Å². The van der Waals surface area contributed by atoms with Crippen molar-refractivity contribution in [3.63, 3.8) is 0 Å². The Hall–Kier alpha value is -2.89. The number of hydrogen-bond acceptors (Lipinski definition) is 4. The van der Waals surface area contributed by atoms with Crippen molar-refractivity contribution in [2.45, 2.75) is 20.4 Å². The molecule has 1 aromatic carbocycles. The van der Waals surface area contributed by atoms with Crippen LogP contribution in [0.2, 0.25) is 0 Å². The van der Waals surface area contributed by atoms with Crippen molar-refractivity contribution in [1.82, 2.24) is 19.9 Å². The standard InChI is InChI=1S/C17H18N4O2/c1-11-7-16-18-10-15(12(2)21(16)20-11)17(22)19-9-13-5-4-6-14(8-13)23-3/h4-8,10H,9H2,1-3H3,(H,19,22). The smallest absolute Gasteiger partial charge is 0.254 e. The molecule has 0 aliphatic heterocycles. The Labute approximate surface area is 134 Å². The van der Waals surface area contributed by atoms with E-state index in [1.807, 2.05) is 44.2 Å². The molecule has 0 bridgehead atoms. The quantitative estimate of drug-likeness (QED) is 0.803. The van der Waals surface area contributed by atoms with Gasteiger partial charge in [0.2, 0.25) is 0 Å². The van der Waals surface area contributed by atoms with E-state index in [2.05, 4.69) is 15.4 Å². The van der Waals surface area contributed by atoms with Gasteiger partial charge in [0, 0.05) is 18.8 Å². The minimum absolute atomic E-state index is 0.173. The molecule has 0 atom stereocenters. The number of hydrogen-bond donors (Lipinski definition) is 1. The van der Waals surface area contributed by atoms with Crippen molar-refractivity contribution < 1.29 is 9.53 Å². The third kappa shape index (κ3) is 3.01. The molecule has 0 unspecified atom stereocenters. The Bertz CT molecular complexity index is 870. The van der Waals surface area contributed by atoms with Gasteiger partial charge in [0.05, 0.1) is 24.1 Å². The minimum Gasteiger partial charge on any atom is -0.497 e. The molecule has 1 N–H and O–H groups in total. The van der Waals surface area contributed by atoms with E-state index in [-0.39, 0.29) is 5.91 Å². The third-order valence-corrected chi connectivity index (χ3v) is 3.68. The summed E-state index contributed by atoms with van der Waals surface area (Å²) in [4.78, 5) is 16.7. The molecule has 118 valence electrons. The molecular weight excluding hydrogens is 292 g/mol. The molecule has 1 amide bonds. The summed E-state index contributed by atoms with van der Waals surface area (Å²) in [5.74, 6) is 0.593. The van der Waals surface area contributed by atoms with Crippen molar-refractivity contribution in [3.05, 3.63) is 59.0 Å². The number of benzene rings is 1. The number of aryl methyl sites for hydroxylation is 2. The number of nitrogens with zero attached hydrogens (tertiary/aromatic N) is 3. The Balaban J connectivity index is 1.79. The van der Waals surface area contributed by atoms with Gasteiger partial charge in [-0.2, -0.15) is 5.10 Å². The third-order valence-electron chi connectivity index (χ3n) is 3.68. The molecule has 0 spiro atoms. The molecule has 0 saturated heterocycles. The molecular formula is C17H18N4O2. The lowest BCUT2D eigenvalue weighted by Crippen LogP contribution is -2.24. The highest BCUT2D eigenvalue weighted by atomic mass is 16.5. The first kappa shape index (κ1) is 15.0. The fourth-order valence-electron chi connectivity index (χ4n) is 2.45. The number of nitrogens with one attached hydrogen (secondary N) is 1. The predicted molar refractivity (Wildman–Crippen MR) is 86.6 cm³/mol. The maximum absolute atomic E-state index is 12.4. The second-order valence-corrected chi connectivity index (χ2v) is 5.35. The van der Waals surface area contributed by atoms with Crippen LogP contribution in [0.5, 0.6) is 5.75 Å². The molecule has 0 aliphatic rings. The number of carbonyl (C=O) groups excluding carboxylic acids is 1. The zero-order valence-electron chi connectivity index (χ0n) is 13.3. The summed E-state index contributed by atoms with van der Waals surface area (Å²) >= 11 is 0. The van der Waals surface area contributed by atoms with Crippen LogP contribution in [0.1, 0.15) is 27.3 Å². The maximum Gasteiger partial charge on any atom is 0.254 e. The fraction of sp³-hybridized carbons (Fsp3) is 0.235. The largest absolute Gasteiger partial charge is 0.497 e. The van der Waals surface area contributed by atoms with E-state index >= 15 is 0 Å². The fourth-order valence-corrected chi connectivity index (χ4v) is 2.45. The molecule has 0 saturated carbocycles. The van der Waals surface area contributed by atoms with Crippen LogP contribution in [0.3, 0.4) is 0 Å². The normalized spacial score (nSPS) is 10.7. The molecule has 0 fully saturated rings. The van der Waals surface area contributed by atoms with Gasteiger partial charge in [-0.3, -0.25) is 4.79 Å². The highest BCUT2D eigenvalue weighted by Gasteiger charge is 2.13. The van der Waals surface area contributed by atoms with E-state index in [1.165, 1.54) is 0 Å². The highest BCUT2D eigenvalue weighted by Crippen LogP contribution is 2.14. The van der Waals surface area contributed by atoms with Gasteiger partial charge in [0.1, 0.15) is 5.75 Å². The molecule has 0 radical (unpaired) electrons. The summed E-state index contributed by atoms with van der Waals surface area (Å²) in [6.45, 7) is 4.18. The average molecular weight is 310 g/mol. The summed E-state index contributed by atoms with van der Waals surface area (Å²) < 4.78 is 6.87. The number of rotatable bonds is 4. The van der Waals surface area contributed by atoms with Crippen LogP contribution >= 0.6 is 0 Å². The van der Waals surface area contributed by atoms with Crippen molar-refractivity contribution in [3.8, 4) is 5.75 Å². The zero-order chi connectivity index (χ0) is 16.4. The number of carbonyl (C=O) groups is 1.